The van der Waals surface area contributed by atoms with E-state index in [9.17, 15) is 0 Å². The van der Waals surface area contributed by atoms with Crippen molar-refractivity contribution in [2.24, 2.45) is 21.1 Å². The van der Waals surface area contributed by atoms with Crippen LogP contribution in [0.4, 0.5) is 0 Å². The summed E-state index contributed by atoms with van der Waals surface area (Å²) in [5.41, 5.74) is 29.4. The van der Waals surface area contributed by atoms with Crippen molar-refractivity contribution >= 4 is 7.32 Å². The van der Waals surface area contributed by atoms with Gasteiger partial charge < -0.3 is 15.1 Å². The third-order valence-electron chi connectivity index (χ3n) is 17.1. The van der Waals surface area contributed by atoms with Crippen molar-refractivity contribution in [3.05, 3.63) is 383 Å². The molecular formula is C90H72BN3O3. The van der Waals surface area contributed by atoms with Crippen molar-refractivity contribution in [3.63, 3.8) is 0 Å². The first kappa shape index (κ1) is 65.1. The molecule has 0 aliphatic rings. The quantitative estimate of drug-likeness (QED) is 0.0903. The first-order valence-electron chi connectivity index (χ1n) is 32.5. The molecule has 0 spiro atoms. The lowest BCUT2D eigenvalue weighted by molar-refractivity contribution is -0.659. The Hall–Kier alpha value is -12.0. The van der Waals surface area contributed by atoms with E-state index in [-0.39, 0.29) is 0 Å². The van der Waals surface area contributed by atoms with Gasteiger partial charge in [-0.2, -0.15) is 13.7 Å². The van der Waals surface area contributed by atoms with Crippen LogP contribution in [0.2, 0.25) is 0 Å². The number of hydrogen-bond acceptors (Lipinski definition) is 3. The predicted octanol–water partition coefficient (Wildman–Crippen LogP) is 17.6. The largest absolute Gasteiger partial charge is 0.907 e. The van der Waals surface area contributed by atoms with E-state index in [1.807, 2.05) is 0 Å². The Balaban J connectivity index is 0.000000135. The maximum absolute atomic E-state index is 8.42. The van der Waals surface area contributed by atoms with Crippen LogP contribution in [0.3, 0.4) is 0 Å². The number of aromatic nitrogens is 3. The van der Waals surface area contributed by atoms with E-state index in [1.54, 1.807) is 0 Å². The normalized spacial score (nSPS) is 10.6. The highest BCUT2D eigenvalue weighted by atomic mass is 16.5. The Bertz CT molecular complexity index is 4460. The molecule has 0 N–H and O–H groups in total. The lowest BCUT2D eigenvalue weighted by Gasteiger charge is -2.35. The SMILES string of the molecule is C[n+]1cc(-c2ccccc2)c(-c2ccccc2)c(-c2ccccc2)c1-c1ccccc1.C[n+]1cc(-c2ccccc2)c(-c2ccccc2)c(-c2ccccc2)c1-c1ccccc1.C[n+]1cc(-c2ccccc2)c(-c2ccccc2)c(-c2ccccc2)c1-c1ccccc1.[O-]B([O-])[O-]. The summed E-state index contributed by atoms with van der Waals surface area (Å²) in [5, 5.41) is 25.2. The van der Waals surface area contributed by atoms with E-state index >= 15 is 0 Å². The zero-order valence-corrected chi connectivity index (χ0v) is 54.5. The minimum atomic E-state index is -2.92. The van der Waals surface area contributed by atoms with E-state index in [0.29, 0.717) is 0 Å². The molecule has 6 nitrogen and oxygen atoms in total. The van der Waals surface area contributed by atoms with Crippen molar-refractivity contribution in [1.82, 2.24) is 0 Å². The van der Waals surface area contributed by atoms with Crippen molar-refractivity contribution in [1.29, 1.82) is 0 Å². The average molecular weight is 1250 g/mol. The molecule has 0 unspecified atom stereocenters. The van der Waals surface area contributed by atoms with Crippen LogP contribution in [0.25, 0.3) is 134 Å². The van der Waals surface area contributed by atoms with Gasteiger partial charge in [-0.05, 0) is 86.5 Å². The first-order chi connectivity index (χ1) is 47.7. The fraction of sp³-hybridized carbons (Fsp3) is 0.0333. The van der Waals surface area contributed by atoms with Crippen molar-refractivity contribution in [2.75, 3.05) is 0 Å². The number of aryl methyl sites for hydroxylation is 3. The van der Waals surface area contributed by atoms with Gasteiger partial charge in [0.15, 0.2) is 18.6 Å². The summed E-state index contributed by atoms with van der Waals surface area (Å²) < 4.78 is 6.81. The van der Waals surface area contributed by atoms with Crippen molar-refractivity contribution in [2.45, 2.75) is 0 Å². The van der Waals surface area contributed by atoms with E-state index in [4.69, 9.17) is 15.1 Å². The molecule has 97 heavy (non-hydrogen) atoms. The number of nitrogens with zero attached hydrogens (tertiary/aromatic N) is 3. The third-order valence-corrected chi connectivity index (χ3v) is 17.1. The number of hydrogen-bond donors (Lipinski definition) is 0. The second-order valence-electron chi connectivity index (χ2n) is 23.4. The second kappa shape index (κ2) is 31.8. The molecule has 468 valence electrons. The Morgan fingerprint density at radius 3 is 0.454 bits per heavy atom. The van der Waals surface area contributed by atoms with Gasteiger partial charge >= 0.3 is 0 Å². The van der Waals surface area contributed by atoms with Crippen LogP contribution in [0.1, 0.15) is 0 Å². The zero-order chi connectivity index (χ0) is 66.7. The molecule has 0 amide bonds. The second-order valence-corrected chi connectivity index (χ2v) is 23.4. The van der Waals surface area contributed by atoms with Crippen LogP contribution in [-0.4, -0.2) is 7.32 Å². The van der Waals surface area contributed by atoms with Gasteiger partial charge in [0, 0.05) is 33.4 Å². The van der Waals surface area contributed by atoms with Crippen LogP contribution in [0, 0.1) is 0 Å². The monoisotopic (exact) mass is 1250 g/mol. The van der Waals surface area contributed by atoms with Crippen molar-refractivity contribution < 1.29 is 28.8 Å². The van der Waals surface area contributed by atoms with Crippen LogP contribution in [0.5, 0.6) is 0 Å². The van der Waals surface area contributed by atoms with Gasteiger partial charge in [-0.25, -0.2) is 0 Å². The molecule has 0 atom stereocenters. The molecule has 0 aliphatic carbocycles. The molecular weight excluding hydrogens is 1180 g/mol. The van der Waals surface area contributed by atoms with E-state index in [0.717, 1.165) is 0 Å². The van der Waals surface area contributed by atoms with Crippen LogP contribution in [-0.2, 0) is 21.1 Å². The minimum absolute atomic E-state index is 1.21. The maximum atomic E-state index is 8.42. The van der Waals surface area contributed by atoms with Gasteiger partial charge in [-0.1, -0.05) is 328 Å². The molecule has 0 aliphatic heterocycles. The van der Waals surface area contributed by atoms with Gasteiger partial charge in [0.2, 0.25) is 17.1 Å². The van der Waals surface area contributed by atoms with Crippen LogP contribution in [0.15, 0.2) is 383 Å². The molecule has 7 heteroatoms. The fourth-order valence-corrected chi connectivity index (χ4v) is 13.0. The predicted molar refractivity (Wildman–Crippen MR) is 394 cm³/mol. The summed E-state index contributed by atoms with van der Waals surface area (Å²) in [5.74, 6) is 0. The molecule has 0 radical (unpaired) electrons. The number of pyridine rings is 3. The highest BCUT2D eigenvalue weighted by Gasteiger charge is 2.30. The van der Waals surface area contributed by atoms with Gasteiger partial charge in [-0.3, -0.25) is 7.32 Å². The van der Waals surface area contributed by atoms with E-state index < -0.39 is 7.32 Å². The smallest absolute Gasteiger partial charge is 0.220 e. The summed E-state index contributed by atoms with van der Waals surface area (Å²) in [7, 11) is 3.53. The summed E-state index contributed by atoms with van der Waals surface area (Å²) in [6, 6.07) is 128. The van der Waals surface area contributed by atoms with E-state index in [2.05, 4.69) is 417 Å². The average Bonchev–Trinajstić information content (AvgIpc) is 0.766. The molecule has 0 saturated heterocycles. The highest BCUT2D eigenvalue weighted by Crippen LogP contribution is 2.47. The van der Waals surface area contributed by atoms with Crippen molar-refractivity contribution in [3.8, 4) is 134 Å². The molecule has 12 aromatic carbocycles. The minimum Gasteiger partial charge on any atom is -0.907 e. The van der Waals surface area contributed by atoms with Gasteiger partial charge in [0.05, 0.1) is 33.4 Å². The summed E-state index contributed by atoms with van der Waals surface area (Å²) in [6.07, 6.45) is 6.81. The van der Waals surface area contributed by atoms with Gasteiger partial charge in [0.1, 0.15) is 21.1 Å². The molecule has 0 fully saturated rings. The molecule has 15 rings (SSSR count). The van der Waals surface area contributed by atoms with Crippen LogP contribution >= 0.6 is 0 Å². The van der Waals surface area contributed by atoms with Gasteiger partial charge in [-0.15, -0.1) is 0 Å². The summed E-state index contributed by atoms with van der Waals surface area (Å²) in [4.78, 5) is 0. The highest BCUT2D eigenvalue weighted by molar-refractivity contribution is 6.24. The molecule has 3 aromatic heterocycles. The maximum Gasteiger partial charge on any atom is 0.220 e. The topological polar surface area (TPSA) is 80.8 Å². The lowest BCUT2D eigenvalue weighted by Crippen LogP contribution is -2.56. The standard InChI is InChI=1S/3C30H24N.BO3/c3*1-31-22-27(23-14-6-2-7-15-23)28(24-16-8-3-9-17-24)29(25-18-10-4-11-19-25)30(31)26-20-12-5-13-21-26;2-1(3)4/h3*2-22H,1H3;/q3*+1;-3. The Kier molecular flexibility index (Phi) is 21.3. The molecule has 3 heterocycles. The third kappa shape index (κ3) is 15.3. The van der Waals surface area contributed by atoms with Crippen LogP contribution < -0.4 is 28.8 Å². The molecule has 0 bridgehead atoms. The molecule has 0 saturated carbocycles. The zero-order valence-electron chi connectivity index (χ0n) is 54.5. The number of benzene rings is 12. The van der Waals surface area contributed by atoms with E-state index in [1.165, 1.54) is 134 Å². The Morgan fingerprint density at radius 2 is 0.299 bits per heavy atom. The Labute approximate surface area is 570 Å². The summed E-state index contributed by atoms with van der Waals surface area (Å²) >= 11 is 0. The Morgan fingerprint density at radius 1 is 0.175 bits per heavy atom. The first-order valence-corrected chi connectivity index (χ1v) is 32.5. The number of rotatable bonds is 12. The molecule has 15 aromatic rings. The summed E-state index contributed by atoms with van der Waals surface area (Å²) in [6.45, 7) is 0. The fourth-order valence-electron chi connectivity index (χ4n) is 13.0. The van der Waals surface area contributed by atoms with Gasteiger partial charge in [0.25, 0.3) is 0 Å². The lowest BCUT2D eigenvalue weighted by atomic mass is 9.86.